The molecule has 0 radical (unpaired) electrons. The highest BCUT2D eigenvalue weighted by atomic mass is 16.5. The minimum Gasteiger partial charge on any atom is -0.491 e. The van der Waals surface area contributed by atoms with Crippen LogP contribution >= 0.6 is 0 Å². The molecule has 0 spiro atoms. The highest BCUT2D eigenvalue weighted by molar-refractivity contribution is 5.74. The molecule has 0 bridgehead atoms. The second kappa shape index (κ2) is 6.84. The van der Waals surface area contributed by atoms with Gasteiger partial charge in [-0.3, -0.25) is 4.79 Å². The molecule has 18 heavy (non-hydrogen) atoms. The summed E-state index contributed by atoms with van der Waals surface area (Å²) < 4.78 is 5.57. The molecule has 1 N–H and O–H groups in total. The zero-order valence-electron chi connectivity index (χ0n) is 11.1. The summed E-state index contributed by atoms with van der Waals surface area (Å²) in [4.78, 5) is 10.6. The monoisotopic (exact) mass is 248 g/mol. The summed E-state index contributed by atoms with van der Waals surface area (Å²) in [5, 5.41) is 8.68. The zero-order chi connectivity index (χ0) is 13.5. The van der Waals surface area contributed by atoms with Crippen molar-refractivity contribution in [2.45, 2.75) is 39.7 Å². The fourth-order valence-electron chi connectivity index (χ4n) is 1.70. The molecular formula is C15H20O3. The first-order chi connectivity index (χ1) is 8.52. The third kappa shape index (κ3) is 4.62. The molecule has 0 saturated carbocycles. The summed E-state index contributed by atoms with van der Waals surface area (Å²) >= 11 is 0. The quantitative estimate of drug-likeness (QED) is 0.834. The lowest BCUT2D eigenvalue weighted by molar-refractivity contribution is -0.135. The SMILES string of the molecule is CC/C(=C\CC(=O)O)c1ccc(OC(C)C)cc1. The number of hydrogen-bond donors (Lipinski definition) is 1. The molecule has 0 amide bonds. The standard InChI is InChI=1S/C15H20O3/c1-4-12(7-10-15(16)17)13-5-8-14(9-6-13)18-11(2)3/h5-9,11H,4,10H2,1-3H3,(H,16,17)/b12-7+. The predicted octanol–water partition coefficient (Wildman–Crippen LogP) is 3.74. The van der Waals surface area contributed by atoms with Crippen LogP contribution in [0, 0.1) is 0 Å². The Morgan fingerprint density at radius 2 is 1.94 bits per heavy atom. The first-order valence-corrected chi connectivity index (χ1v) is 6.20. The van der Waals surface area contributed by atoms with Crippen molar-refractivity contribution in [3.63, 3.8) is 0 Å². The number of hydrogen-bond acceptors (Lipinski definition) is 2. The third-order valence-corrected chi connectivity index (χ3v) is 2.50. The predicted molar refractivity (Wildman–Crippen MR) is 72.7 cm³/mol. The van der Waals surface area contributed by atoms with Crippen LogP contribution in [0.1, 0.15) is 39.2 Å². The number of benzene rings is 1. The molecule has 0 aliphatic carbocycles. The first kappa shape index (κ1) is 14.3. The van der Waals surface area contributed by atoms with E-state index in [1.807, 2.05) is 45.0 Å². The fraction of sp³-hybridized carbons (Fsp3) is 0.400. The number of aliphatic carboxylic acids is 1. The summed E-state index contributed by atoms with van der Waals surface area (Å²) in [6.45, 7) is 5.99. The number of ether oxygens (including phenoxy) is 1. The van der Waals surface area contributed by atoms with Gasteiger partial charge in [-0.2, -0.15) is 0 Å². The summed E-state index contributed by atoms with van der Waals surface area (Å²) in [6.07, 6.45) is 2.80. The molecular weight excluding hydrogens is 228 g/mol. The van der Waals surface area contributed by atoms with Crippen LogP contribution in [0.15, 0.2) is 30.3 Å². The molecule has 0 fully saturated rings. The van der Waals surface area contributed by atoms with Gasteiger partial charge in [-0.1, -0.05) is 25.1 Å². The molecule has 1 aromatic rings. The van der Waals surface area contributed by atoms with Crippen molar-refractivity contribution in [3.05, 3.63) is 35.9 Å². The molecule has 0 atom stereocenters. The van der Waals surface area contributed by atoms with Crippen LogP contribution in [-0.4, -0.2) is 17.2 Å². The third-order valence-electron chi connectivity index (χ3n) is 2.50. The molecule has 0 aromatic heterocycles. The zero-order valence-corrected chi connectivity index (χ0v) is 11.1. The maximum absolute atomic E-state index is 10.6. The van der Waals surface area contributed by atoms with E-state index in [4.69, 9.17) is 9.84 Å². The van der Waals surface area contributed by atoms with E-state index in [9.17, 15) is 4.79 Å². The lowest BCUT2D eigenvalue weighted by Gasteiger charge is -2.11. The van der Waals surface area contributed by atoms with Crippen LogP contribution in [0.5, 0.6) is 5.75 Å². The topological polar surface area (TPSA) is 46.5 Å². The molecule has 1 aromatic carbocycles. The van der Waals surface area contributed by atoms with Gasteiger partial charge < -0.3 is 9.84 Å². The Labute approximate surface area is 108 Å². The van der Waals surface area contributed by atoms with Gasteiger partial charge in [0.25, 0.3) is 0 Å². The van der Waals surface area contributed by atoms with Crippen molar-refractivity contribution in [2.24, 2.45) is 0 Å². The van der Waals surface area contributed by atoms with E-state index in [0.717, 1.165) is 23.3 Å². The van der Waals surface area contributed by atoms with E-state index >= 15 is 0 Å². The van der Waals surface area contributed by atoms with Crippen molar-refractivity contribution in [1.29, 1.82) is 0 Å². The second-order valence-corrected chi connectivity index (χ2v) is 4.37. The van der Waals surface area contributed by atoms with Crippen molar-refractivity contribution in [1.82, 2.24) is 0 Å². The Balaban J connectivity index is 2.81. The normalized spacial score (nSPS) is 11.7. The number of carboxylic acids is 1. The molecule has 0 unspecified atom stereocenters. The van der Waals surface area contributed by atoms with Crippen LogP contribution in [0.2, 0.25) is 0 Å². The van der Waals surface area contributed by atoms with Gasteiger partial charge in [0.1, 0.15) is 5.75 Å². The van der Waals surface area contributed by atoms with Crippen molar-refractivity contribution in [2.75, 3.05) is 0 Å². The molecule has 3 nitrogen and oxygen atoms in total. The van der Waals surface area contributed by atoms with Gasteiger partial charge in [0, 0.05) is 0 Å². The van der Waals surface area contributed by atoms with Crippen molar-refractivity contribution < 1.29 is 14.6 Å². The van der Waals surface area contributed by atoms with Gasteiger partial charge >= 0.3 is 5.97 Å². The van der Waals surface area contributed by atoms with E-state index in [1.165, 1.54) is 0 Å². The van der Waals surface area contributed by atoms with Crippen LogP contribution in [0.25, 0.3) is 5.57 Å². The average molecular weight is 248 g/mol. The molecule has 0 saturated heterocycles. The van der Waals surface area contributed by atoms with Gasteiger partial charge in [-0.05, 0) is 43.5 Å². The number of rotatable bonds is 6. The molecule has 0 heterocycles. The lowest BCUT2D eigenvalue weighted by Crippen LogP contribution is -2.05. The average Bonchev–Trinajstić information content (AvgIpc) is 2.31. The Morgan fingerprint density at radius 3 is 2.39 bits per heavy atom. The molecule has 0 aliphatic rings. The number of allylic oxidation sites excluding steroid dienone is 1. The minimum atomic E-state index is -0.805. The van der Waals surface area contributed by atoms with Crippen molar-refractivity contribution in [3.8, 4) is 5.75 Å². The van der Waals surface area contributed by atoms with E-state index in [1.54, 1.807) is 6.08 Å². The van der Waals surface area contributed by atoms with Gasteiger partial charge in [-0.25, -0.2) is 0 Å². The van der Waals surface area contributed by atoms with Crippen LogP contribution in [0.3, 0.4) is 0 Å². The van der Waals surface area contributed by atoms with E-state index in [-0.39, 0.29) is 12.5 Å². The summed E-state index contributed by atoms with van der Waals surface area (Å²) in [5.74, 6) is 0.0307. The smallest absolute Gasteiger partial charge is 0.307 e. The summed E-state index contributed by atoms with van der Waals surface area (Å²) in [5.41, 5.74) is 2.10. The Kier molecular flexibility index (Phi) is 5.43. The number of carbonyl (C=O) groups is 1. The van der Waals surface area contributed by atoms with Crippen LogP contribution < -0.4 is 4.74 Å². The van der Waals surface area contributed by atoms with Crippen LogP contribution in [0.4, 0.5) is 0 Å². The Bertz CT molecular complexity index is 416. The Hall–Kier alpha value is -1.77. The van der Waals surface area contributed by atoms with Crippen LogP contribution in [-0.2, 0) is 4.79 Å². The highest BCUT2D eigenvalue weighted by Gasteiger charge is 2.02. The van der Waals surface area contributed by atoms with Gasteiger partial charge in [0.05, 0.1) is 12.5 Å². The van der Waals surface area contributed by atoms with E-state index < -0.39 is 5.97 Å². The van der Waals surface area contributed by atoms with Gasteiger partial charge in [-0.15, -0.1) is 0 Å². The number of carboxylic acid groups (broad SMARTS) is 1. The molecule has 0 aliphatic heterocycles. The maximum Gasteiger partial charge on any atom is 0.307 e. The van der Waals surface area contributed by atoms with Crippen molar-refractivity contribution >= 4 is 11.5 Å². The molecule has 98 valence electrons. The molecule has 1 rings (SSSR count). The van der Waals surface area contributed by atoms with E-state index in [2.05, 4.69) is 0 Å². The lowest BCUT2D eigenvalue weighted by atomic mass is 10.0. The second-order valence-electron chi connectivity index (χ2n) is 4.37. The van der Waals surface area contributed by atoms with Gasteiger partial charge in [0.2, 0.25) is 0 Å². The fourth-order valence-corrected chi connectivity index (χ4v) is 1.70. The van der Waals surface area contributed by atoms with E-state index in [0.29, 0.717) is 0 Å². The molecule has 3 heteroatoms. The first-order valence-electron chi connectivity index (χ1n) is 6.20. The summed E-state index contributed by atoms with van der Waals surface area (Å²) in [7, 11) is 0. The van der Waals surface area contributed by atoms with Gasteiger partial charge in [0.15, 0.2) is 0 Å². The maximum atomic E-state index is 10.6. The Morgan fingerprint density at radius 1 is 1.33 bits per heavy atom. The summed E-state index contributed by atoms with van der Waals surface area (Å²) in [6, 6.07) is 7.77. The highest BCUT2D eigenvalue weighted by Crippen LogP contribution is 2.22. The largest absolute Gasteiger partial charge is 0.491 e. The minimum absolute atomic E-state index is 0.0629.